The van der Waals surface area contributed by atoms with Crippen molar-refractivity contribution >= 4 is 11.4 Å². The first-order chi connectivity index (χ1) is 20.6. The average Bonchev–Trinajstić information content (AvgIpc) is 2.91. The molecule has 0 atom stereocenters. The van der Waals surface area contributed by atoms with E-state index in [1.54, 1.807) is 0 Å². The lowest BCUT2D eigenvalue weighted by Crippen LogP contribution is -2.53. The summed E-state index contributed by atoms with van der Waals surface area (Å²) in [5.41, 5.74) is 0.788. The third-order valence-electron chi connectivity index (χ3n) is 6.28. The van der Waals surface area contributed by atoms with Gasteiger partial charge in [0.15, 0.2) is 0 Å². The topological polar surface area (TPSA) is 70.5 Å². The first-order valence-corrected chi connectivity index (χ1v) is 12.3. The number of alkyl halides is 12. The number of nitrogens with two attached hydrogens (primary N) is 2. The zero-order valence-corrected chi connectivity index (χ0v) is 22.1. The van der Waals surface area contributed by atoms with Crippen LogP contribution in [0.25, 0.3) is 0 Å². The Balaban J connectivity index is 1.69. The highest BCUT2D eigenvalue weighted by molar-refractivity contribution is 5.52. The molecule has 0 fully saturated rings. The molecule has 0 spiro atoms. The number of hydrogen-bond donors (Lipinski definition) is 2. The lowest BCUT2D eigenvalue weighted by atomic mass is 9.82. The maximum atomic E-state index is 16.3. The minimum atomic E-state index is -6.42. The molecule has 4 aromatic rings. The fourth-order valence-electron chi connectivity index (χ4n) is 4.19. The van der Waals surface area contributed by atoms with Crippen molar-refractivity contribution in [2.75, 3.05) is 11.5 Å². The van der Waals surface area contributed by atoms with Crippen LogP contribution in [0.1, 0.15) is 22.3 Å². The molecule has 0 aromatic heterocycles. The molecule has 45 heavy (non-hydrogen) atoms. The van der Waals surface area contributed by atoms with E-state index >= 15 is 4.39 Å². The molecule has 4 N–H and O–H groups in total. The van der Waals surface area contributed by atoms with Gasteiger partial charge in [0.25, 0.3) is 0 Å². The van der Waals surface area contributed by atoms with Crippen molar-refractivity contribution in [2.24, 2.45) is 0 Å². The zero-order valence-electron chi connectivity index (χ0n) is 22.1. The van der Waals surface area contributed by atoms with Crippen LogP contribution >= 0.6 is 0 Å². The lowest BCUT2D eigenvalue weighted by molar-refractivity contribution is -0.323. The van der Waals surface area contributed by atoms with E-state index < -0.39 is 63.9 Å². The molecular weight excluding hydrogens is 636 g/mol. The molecule has 0 heterocycles. The van der Waals surface area contributed by atoms with Gasteiger partial charge in [0.05, 0.1) is 11.1 Å². The molecule has 0 aliphatic rings. The van der Waals surface area contributed by atoms with Crippen molar-refractivity contribution in [1.82, 2.24) is 0 Å². The predicted octanol–water partition coefficient (Wildman–Crippen LogP) is 9.88. The summed E-state index contributed by atoms with van der Waals surface area (Å²) in [5.74, 6) is -7.69. The smallest absolute Gasteiger partial charge is 0.457 e. The molecule has 0 amide bonds. The van der Waals surface area contributed by atoms with Gasteiger partial charge in [-0.2, -0.15) is 48.3 Å². The Morgan fingerprint density at radius 1 is 0.400 bits per heavy atom. The highest BCUT2D eigenvalue weighted by Crippen LogP contribution is 2.54. The predicted molar refractivity (Wildman–Crippen MR) is 138 cm³/mol. The maximum Gasteiger partial charge on any atom is 0.457 e. The molecule has 0 saturated heterocycles. The summed E-state index contributed by atoms with van der Waals surface area (Å²) in [6, 6.07) is 9.37. The molecule has 0 radical (unpaired) electrons. The number of benzene rings is 4. The average molecular weight is 654 g/mol. The van der Waals surface area contributed by atoms with Gasteiger partial charge < -0.3 is 20.9 Å². The molecule has 0 unspecified atom stereocenters. The minimum absolute atomic E-state index is 0.354. The van der Waals surface area contributed by atoms with E-state index in [-0.39, 0.29) is 22.9 Å². The van der Waals surface area contributed by atoms with Crippen LogP contribution in [0.2, 0.25) is 0 Å². The fourth-order valence-corrected chi connectivity index (χ4v) is 4.19. The SMILES string of the molecule is Nc1cc(Oc2ccc(C(F)(c3ccc(Oc4cc(N)cc(C(F)(F)F)c4)cc3)C(F)(F)C(F)(F)F)cc2)cc(C(F)(F)F)c1. The van der Waals surface area contributed by atoms with Crippen molar-refractivity contribution in [2.45, 2.75) is 30.1 Å². The third-order valence-corrected chi connectivity index (χ3v) is 6.28. The summed E-state index contributed by atoms with van der Waals surface area (Å²) in [7, 11) is 0. The van der Waals surface area contributed by atoms with E-state index in [0.29, 0.717) is 48.5 Å². The van der Waals surface area contributed by atoms with Gasteiger partial charge in [-0.1, -0.05) is 24.3 Å². The van der Waals surface area contributed by atoms with Crippen LogP contribution in [-0.4, -0.2) is 12.1 Å². The Morgan fingerprint density at radius 2 is 0.733 bits per heavy atom. The molecule has 0 aliphatic carbocycles. The van der Waals surface area contributed by atoms with E-state index in [1.807, 2.05) is 0 Å². The lowest BCUT2D eigenvalue weighted by Gasteiger charge is -2.35. The minimum Gasteiger partial charge on any atom is -0.457 e. The van der Waals surface area contributed by atoms with Gasteiger partial charge in [0.1, 0.15) is 23.0 Å². The van der Waals surface area contributed by atoms with Crippen molar-refractivity contribution < 1.29 is 62.2 Å². The summed E-state index contributed by atoms with van der Waals surface area (Å²) >= 11 is 0. The molecule has 4 aromatic carbocycles. The van der Waals surface area contributed by atoms with Crippen LogP contribution in [-0.2, 0) is 18.0 Å². The maximum absolute atomic E-state index is 16.3. The summed E-state index contributed by atoms with van der Waals surface area (Å²) in [6.45, 7) is 0. The Bertz CT molecular complexity index is 1550. The van der Waals surface area contributed by atoms with Gasteiger partial charge in [0.2, 0.25) is 5.67 Å². The van der Waals surface area contributed by atoms with Crippen LogP contribution in [0.15, 0.2) is 84.9 Å². The largest absolute Gasteiger partial charge is 0.457 e. The number of rotatable bonds is 7. The molecule has 0 aliphatic heterocycles. The Morgan fingerprint density at radius 3 is 1.02 bits per heavy atom. The second kappa shape index (κ2) is 11.3. The van der Waals surface area contributed by atoms with E-state index in [4.69, 9.17) is 20.9 Å². The molecule has 0 saturated carbocycles. The van der Waals surface area contributed by atoms with E-state index in [9.17, 15) is 48.3 Å². The number of anilines is 2. The summed E-state index contributed by atoms with van der Waals surface area (Å²) in [4.78, 5) is 0. The zero-order chi connectivity index (χ0) is 33.6. The van der Waals surface area contributed by atoms with Crippen molar-refractivity contribution in [3.8, 4) is 23.0 Å². The third kappa shape index (κ3) is 6.83. The van der Waals surface area contributed by atoms with Crippen LogP contribution in [0, 0.1) is 0 Å². The Kier molecular flexibility index (Phi) is 8.33. The number of nitrogen functional groups attached to an aromatic ring is 2. The van der Waals surface area contributed by atoms with Crippen molar-refractivity contribution in [1.29, 1.82) is 0 Å². The summed E-state index contributed by atoms with van der Waals surface area (Å²) in [5, 5.41) is 0. The van der Waals surface area contributed by atoms with Gasteiger partial charge >= 0.3 is 24.5 Å². The van der Waals surface area contributed by atoms with E-state index in [0.717, 1.165) is 36.4 Å². The molecule has 240 valence electrons. The van der Waals surface area contributed by atoms with Crippen LogP contribution in [0.4, 0.5) is 64.1 Å². The fraction of sp³-hybridized carbons (Fsp3) is 0.172. The first kappa shape index (κ1) is 33.1. The quantitative estimate of drug-likeness (QED) is 0.154. The summed E-state index contributed by atoms with van der Waals surface area (Å²) < 4.78 is 175. The summed E-state index contributed by atoms with van der Waals surface area (Å²) in [6.07, 6.45) is -16.0. The normalized spacial score (nSPS) is 13.1. The number of halogens is 12. The van der Waals surface area contributed by atoms with Gasteiger partial charge in [-0.25, -0.2) is 4.39 Å². The van der Waals surface area contributed by atoms with Gasteiger partial charge in [0, 0.05) is 34.6 Å². The van der Waals surface area contributed by atoms with Gasteiger partial charge in [-0.15, -0.1) is 0 Å². The Labute approximate surface area is 245 Å². The number of hydrogen-bond acceptors (Lipinski definition) is 4. The van der Waals surface area contributed by atoms with Crippen LogP contribution < -0.4 is 20.9 Å². The second-order valence-electron chi connectivity index (χ2n) is 9.56. The van der Waals surface area contributed by atoms with Crippen molar-refractivity contribution in [3.05, 3.63) is 107 Å². The van der Waals surface area contributed by atoms with Crippen molar-refractivity contribution in [3.63, 3.8) is 0 Å². The van der Waals surface area contributed by atoms with Gasteiger partial charge in [-0.3, -0.25) is 0 Å². The van der Waals surface area contributed by atoms with Crippen LogP contribution in [0.5, 0.6) is 23.0 Å². The standard InChI is InChI=1S/C29H18F12N2O2/c30-25(28(37,38)29(39,40)41,15-1-5-21(6-2-15)44-23-11-17(26(31,32)33)9-19(42)13-23)16-3-7-22(8-4-16)45-24-12-18(27(34,35)36)10-20(43)14-24/h1-14H,42-43H2. The molecule has 0 bridgehead atoms. The Hall–Kier alpha value is -4.76. The van der Waals surface area contributed by atoms with Gasteiger partial charge in [-0.05, 0) is 48.5 Å². The molecule has 4 rings (SSSR count). The highest BCUT2D eigenvalue weighted by atomic mass is 19.4. The molecule has 4 nitrogen and oxygen atoms in total. The second-order valence-corrected chi connectivity index (χ2v) is 9.56. The molecule has 16 heteroatoms. The first-order valence-electron chi connectivity index (χ1n) is 12.3. The molecular formula is C29H18F12N2O2. The van der Waals surface area contributed by atoms with E-state index in [1.165, 1.54) is 0 Å². The number of ether oxygens (including phenoxy) is 2. The van der Waals surface area contributed by atoms with Crippen LogP contribution in [0.3, 0.4) is 0 Å². The van der Waals surface area contributed by atoms with E-state index in [2.05, 4.69) is 0 Å². The highest BCUT2D eigenvalue weighted by Gasteiger charge is 2.72. The monoisotopic (exact) mass is 654 g/mol.